The lowest BCUT2D eigenvalue weighted by atomic mass is 9.91. The third-order valence-corrected chi connectivity index (χ3v) is 7.31. The number of carbonyl (C=O) groups is 1. The maximum absolute atomic E-state index is 13.8. The van der Waals surface area contributed by atoms with E-state index in [1.165, 1.54) is 19.2 Å². The molecule has 0 spiro atoms. The van der Waals surface area contributed by atoms with Crippen molar-refractivity contribution in [3.8, 4) is 5.75 Å². The van der Waals surface area contributed by atoms with Crippen molar-refractivity contribution < 1.29 is 22.7 Å². The van der Waals surface area contributed by atoms with Crippen LogP contribution in [0.1, 0.15) is 39.2 Å². The van der Waals surface area contributed by atoms with Gasteiger partial charge in [0.2, 0.25) is 0 Å². The monoisotopic (exact) mass is 419 g/mol. The van der Waals surface area contributed by atoms with Gasteiger partial charge in [0.1, 0.15) is 5.75 Å². The number of pyridine rings is 1. The average Bonchev–Trinajstić information content (AvgIpc) is 2.71. The van der Waals surface area contributed by atoms with Crippen LogP contribution in [0.25, 0.3) is 0 Å². The summed E-state index contributed by atoms with van der Waals surface area (Å²) in [5.74, 6) is 0.0456. The molecule has 29 heavy (non-hydrogen) atoms. The predicted molar refractivity (Wildman–Crippen MR) is 112 cm³/mol. The Bertz CT molecular complexity index is 895. The molecule has 0 aliphatic carbocycles. The topological polar surface area (TPSA) is 82.6 Å². The van der Waals surface area contributed by atoms with Crippen LogP contribution in [0.5, 0.6) is 5.75 Å². The zero-order valence-corrected chi connectivity index (χ0v) is 18.2. The van der Waals surface area contributed by atoms with Crippen molar-refractivity contribution in [3.63, 3.8) is 0 Å². The highest BCUT2D eigenvalue weighted by atomic mass is 32.2. The molecule has 0 saturated carbocycles. The van der Waals surface area contributed by atoms with Gasteiger partial charge in [-0.15, -0.1) is 0 Å². The molecular formula is C22H29NO5S. The molecule has 2 rings (SSSR count). The highest BCUT2D eigenvalue weighted by molar-refractivity contribution is 7.93. The Kier molecular flexibility index (Phi) is 7.79. The fourth-order valence-electron chi connectivity index (χ4n) is 3.20. The summed E-state index contributed by atoms with van der Waals surface area (Å²) >= 11 is 0. The van der Waals surface area contributed by atoms with Crippen LogP contribution in [0.3, 0.4) is 0 Å². The molecule has 0 aliphatic heterocycles. The first kappa shape index (κ1) is 22.9. The van der Waals surface area contributed by atoms with Gasteiger partial charge in [0.15, 0.2) is 14.6 Å². The van der Waals surface area contributed by atoms with Gasteiger partial charge in [-0.05, 0) is 61.6 Å². The lowest BCUT2D eigenvalue weighted by Crippen LogP contribution is -2.50. The summed E-state index contributed by atoms with van der Waals surface area (Å²) in [4.78, 5) is 17.3. The van der Waals surface area contributed by atoms with E-state index >= 15 is 0 Å². The molecule has 0 saturated heterocycles. The molecule has 1 aromatic carbocycles. The summed E-state index contributed by atoms with van der Waals surface area (Å²) in [6.45, 7) is 5.78. The molecule has 7 heteroatoms. The second kappa shape index (κ2) is 9.87. The molecule has 158 valence electrons. The van der Waals surface area contributed by atoms with Crippen LogP contribution in [-0.2, 0) is 25.8 Å². The Morgan fingerprint density at radius 3 is 2.38 bits per heavy atom. The van der Waals surface area contributed by atoms with Crippen LogP contribution >= 0.6 is 0 Å². The Balaban J connectivity index is 2.64. The molecule has 1 atom stereocenters. The van der Waals surface area contributed by atoms with Crippen molar-refractivity contribution in [2.75, 3.05) is 13.7 Å². The third kappa shape index (κ3) is 5.15. The third-order valence-electron chi connectivity index (χ3n) is 4.87. The van der Waals surface area contributed by atoms with E-state index in [0.717, 1.165) is 0 Å². The lowest BCUT2D eigenvalue weighted by molar-refractivity contribution is -0.146. The minimum atomic E-state index is -4.06. The molecule has 1 heterocycles. The summed E-state index contributed by atoms with van der Waals surface area (Å²) in [5.41, 5.74) is 0.668. The fraction of sp³-hybridized carbons (Fsp3) is 0.455. The van der Waals surface area contributed by atoms with Crippen molar-refractivity contribution >= 4 is 15.8 Å². The van der Waals surface area contributed by atoms with Crippen molar-refractivity contribution in [2.24, 2.45) is 5.92 Å². The number of ether oxygens (including phenoxy) is 2. The second-order valence-corrected chi connectivity index (χ2v) is 9.62. The number of sulfone groups is 1. The number of esters is 1. The number of rotatable bonds is 10. The summed E-state index contributed by atoms with van der Waals surface area (Å²) < 4.78 is 36.4. The van der Waals surface area contributed by atoms with E-state index in [1.54, 1.807) is 43.6 Å². The van der Waals surface area contributed by atoms with Gasteiger partial charge in [0, 0.05) is 18.8 Å². The standard InChI is InChI=1S/C22H29NO5S/c1-5-28-21(24)22(13-12-17(2)3,15-18-7-6-14-23-16-18)29(25,26)20-10-8-19(27-4)9-11-20/h6-11,14,16-17H,5,12-13,15H2,1-4H3. The van der Waals surface area contributed by atoms with Crippen LogP contribution in [0.4, 0.5) is 0 Å². The molecule has 0 amide bonds. The number of carbonyl (C=O) groups excluding carboxylic acids is 1. The van der Waals surface area contributed by atoms with E-state index in [2.05, 4.69) is 4.98 Å². The molecule has 0 fully saturated rings. The second-order valence-electron chi connectivity index (χ2n) is 7.36. The number of hydrogen-bond acceptors (Lipinski definition) is 6. The first-order valence-corrected chi connectivity index (χ1v) is 11.2. The Hall–Kier alpha value is -2.41. The molecule has 0 N–H and O–H groups in total. The van der Waals surface area contributed by atoms with Gasteiger partial charge in [0.05, 0.1) is 18.6 Å². The Morgan fingerprint density at radius 1 is 1.17 bits per heavy atom. The molecule has 6 nitrogen and oxygen atoms in total. The lowest BCUT2D eigenvalue weighted by Gasteiger charge is -2.32. The van der Waals surface area contributed by atoms with Crippen molar-refractivity contribution in [2.45, 2.75) is 49.7 Å². The van der Waals surface area contributed by atoms with Gasteiger partial charge in [-0.3, -0.25) is 9.78 Å². The fourth-order valence-corrected chi connectivity index (χ4v) is 5.17. The number of hydrogen-bond donors (Lipinski definition) is 0. The zero-order valence-electron chi connectivity index (χ0n) is 17.4. The van der Waals surface area contributed by atoms with Crippen LogP contribution < -0.4 is 4.74 Å². The zero-order chi connectivity index (χ0) is 21.5. The Labute approximate surface area is 173 Å². The minimum absolute atomic E-state index is 0.000750. The van der Waals surface area contributed by atoms with E-state index in [0.29, 0.717) is 17.7 Å². The number of benzene rings is 1. The smallest absolute Gasteiger partial charge is 0.328 e. The van der Waals surface area contributed by atoms with Crippen molar-refractivity contribution in [1.29, 1.82) is 0 Å². The first-order valence-electron chi connectivity index (χ1n) is 9.71. The summed E-state index contributed by atoms with van der Waals surface area (Å²) in [6, 6.07) is 9.61. The predicted octanol–water partition coefficient (Wildman–Crippen LogP) is 3.84. The molecule has 1 unspecified atom stereocenters. The van der Waals surface area contributed by atoms with Crippen LogP contribution in [0.2, 0.25) is 0 Å². The Morgan fingerprint density at radius 2 is 1.86 bits per heavy atom. The SMILES string of the molecule is CCOC(=O)C(CCC(C)C)(Cc1cccnc1)S(=O)(=O)c1ccc(OC)cc1. The largest absolute Gasteiger partial charge is 0.497 e. The summed E-state index contributed by atoms with van der Waals surface area (Å²) in [5, 5.41) is 0. The maximum Gasteiger partial charge on any atom is 0.328 e. The van der Waals surface area contributed by atoms with Gasteiger partial charge in [-0.1, -0.05) is 19.9 Å². The van der Waals surface area contributed by atoms with Crippen LogP contribution in [0, 0.1) is 5.92 Å². The number of methoxy groups -OCH3 is 1. The summed E-state index contributed by atoms with van der Waals surface area (Å²) in [6.07, 6.45) is 3.93. The molecular weight excluding hydrogens is 390 g/mol. The number of nitrogens with zero attached hydrogens (tertiary/aromatic N) is 1. The molecule has 2 aromatic rings. The first-order chi connectivity index (χ1) is 13.8. The highest BCUT2D eigenvalue weighted by Crippen LogP contribution is 2.36. The highest BCUT2D eigenvalue weighted by Gasteiger charge is 2.52. The van der Waals surface area contributed by atoms with Crippen molar-refractivity contribution in [3.05, 3.63) is 54.4 Å². The van der Waals surface area contributed by atoms with Gasteiger partial charge < -0.3 is 9.47 Å². The molecule has 0 bridgehead atoms. The number of aromatic nitrogens is 1. The normalized spacial score (nSPS) is 13.7. The van der Waals surface area contributed by atoms with Crippen molar-refractivity contribution in [1.82, 2.24) is 4.98 Å². The summed E-state index contributed by atoms with van der Waals surface area (Å²) in [7, 11) is -2.55. The van der Waals surface area contributed by atoms with Gasteiger partial charge in [-0.25, -0.2) is 8.42 Å². The molecule has 1 aromatic heterocycles. The minimum Gasteiger partial charge on any atom is -0.497 e. The van der Waals surface area contributed by atoms with E-state index in [4.69, 9.17) is 9.47 Å². The van der Waals surface area contributed by atoms with E-state index < -0.39 is 20.6 Å². The molecule has 0 radical (unpaired) electrons. The van der Waals surface area contributed by atoms with Crippen LogP contribution in [0.15, 0.2) is 53.7 Å². The van der Waals surface area contributed by atoms with Gasteiger partial charge in [0.25, 0.3) is 0 Å². The quantitative estimate of drug-likeness (QED) is 0.544. The van der Waals surface area contributed by atoms with Gasteiger partial charge in [-0.2, -0.15) is 0 Å². The maximum atomic E-state index is 13.8. The molecule has 0 aliphatic rings. The average molecular weight is 420 g/mol. The van der Waals surface area contributed by atoms with E-state index in [-0.39, 0.29) is 30.3 Å². The van der Waals surface area contributed by atoms with E-state index in [9.17, 15) is 13.2 Å². The van der Waals surface area contributed by atoms with Gasteiger partial charge >= 0.3 is 5.97 Å². The van der Waals surface area contributed by atoms with Crippen LogP contribution in [-0.4, -0.2) is 37.8 Å². The van der Waals surface area contributed by atoms with E-state index in [1.807, 2.05) is 13.8 Å².